The Morgan fingerprint density at radius 2 is 1.72 bits per heavy atom. The Hall–Kier alpha value is -0.650. The molecule has 0 heterocycles. The average molecular weight is 302 g/mol. The van der Waals surface area contributed by atoms with Crippen molar-refractivity contribution in [2.24, 2.45) is 5.73 Å². The van der Waals surface area contributed by atoms with Gasteiger partial charge in [-0.25, -0.2) is 0 Å². The summed E-state index contributed by atoms with van der Waals surface area (Å²) < 4.78 is 43.2. The van der Waals surface area contributed by atoms with Crippen molar-refractivity contribution in [3.05, 3.63) is 28.2 Å². The SMILES string of the molecule is CCC(N)C(Oc1cc(Cl)cc(Cl)c1)C(F)(F)F. The lowest BCUT2D eigenvalue weighted by Gasteiger charge is -2.26. The van der Waals surface area contributed by atoms with E-state index in [4.69, 9.17) is 33.7 Å². The van der Waals surface area contributed by atoms with Gasteiger partial charge >= 0.3 is 6.18 Å². The van der Waals surface area contributed by atoms with E-state index in [9.17, 15) is 13.2 Å². The fourth-order valence-corrected chi connectivity index (χ4v) is 1.86. The summed E-state index contributed by atoms with van der Waals surface area (Å²) in [7, 11) is 0. The van der Waals surface area contributed by atoms with Crippen molar-refractivity contribution in [1.82, 2.24) is 0 Å². The number of benzene rings is 1. The molecule has 0 radical (unpaired) electrons. The number of rotatable bonds is 4. The molecule has 0 saturated carbocycles. The van der Waals surface area contributed by atoms with Crippen LogP contribution in [0.3, 0.4) is 0 Å². The van der Waals surface area contributed by atoms with Crippen molar-refractivity contribution in [1.29, 1.82) is 0 Å². The molecule has 1 aromatic carbocycles. The first-order chi connectivity index (χ1) is 8.24. The van der Waals surface area contributed by atoms with E-state index in [0.717, 1.165) is 0 Å². The van der Waals surface area contributed by atoms with Crippen molar-refractivity contribution in [3.63, 3.8) is 0 Å². The van der Waals surface area contributed by atoms with Crippen molar-refractivity contribution in [3.8, 4) is 5.75 Å². The normalized spacial score (nSPS) is 15.3. The van der Waals surface area contributed by atoms with Gasteiger partial charge in [0.1, 0.15) is 5.75 Å². The van der Waals surface area contributed by atoms with Gasteiger partial charge in [0.25, 0.3) is 0 Å². The first kappa shape index (κ1) is 15.4. The van der Waals surface area contributed by atoms with Crippen LogP contribution >= 0.6 is 23.2 Å². The van der Waals surface area contributed by atoms with Gasteiger partial charge in [0.05, 0.1) is 6.04 Å². The minimum absolute atomic E-state index is 0.0567. The molecule has 2 nitrogen and oxygen atoms in total. The number of hydrogen-bond acceptors (Lipinski definition) is 2. The zero-order valence-corrected chi connectivity index (χ0v) is 11.0. The van der Waals surface area contributed by atoms with Crippen LogP contribution in [-0.4, -0.2) is 18.3 Å². The molecule has 1 rings (SSSR count). The summed E-state index contributed by atoms with van der Waals surface area (Å²) in [5.74, 6) is -0.0567. The minimum Gasteiger partial charge on any atom is -0.479 e. The molecular formula is C11H12Cl2F3NO. The van der Waals surface area contributed by atoms with E-state index in [1.54, 1.807) is 6.92 Å². The molecule has 18 heavy (non-hydrogen) atoms. The van der Waals surface area contributed by atoms with Gasteiger partial charge in [0.2, 0.25) is 6.10 Å². The number of halogens is 5. The lowest BCUT2D eigenvalue weighted by molar-refractivity contribution is -0.200. The Morgan fingerprint density at radius 1 is 1.22 bits per heavy atom. The molecule has 0 bridgehead atoms. The lowest BCUT2D eigenvalue weighted by atomic mass is 10.1. The van der Waals surface area contributed by atoms with Gasteiger partial charge in [-0.3, -0.25) is 0 Å². The zero-order chi connectivity index (χ0) is 13.9. The van der Waals surface area contributed by atoms with Crippen LogP contribution in [0.15, 0.2) is 18.2 Å². The maximum atomic E-state index is 12.8. The van der Waals surface area contributed by atoms with E-state index in [0.29, 0.717) is 0 Å². The van der Waals surface area contributed by atoms with Crippen molar-refractivity contribution in [2.45, 2.75) is 31.7 Å². The third kappa shape index (κ3) is 4.23. The van der Waals surface area contributed by atoms with Gasteiger partial charge in [-0.05, 0) is 24.6 Å². The van der Waals surface area contributed by atoms with Crippen LogP contribution in [0.4, 0.5) is 13.2 Å². The summed E-state index contributed by atoms with van der Waals surface area (Å²) in [6.07, 6.45) is -6.50. The molecule has 0 amide bonds. The second-order valence-corrected chi connectivity index (χ2v) is 4.63. The molecular weight excluding hydrogens is 290 g/mol. The van der Waals surface area contributed by atoms with Crippen LogP contribution in [0, 0.1) is 0 Å². The fraction of sp³-hybridized carbons (Fsp3) is 0.455. The van der Waals surface area contributed by atoms with E-state index in [1.165, 1.54) is 18.2 Å². The molecule has 0 aliphatic heterocycles. The van der Waals surface area contributed by atoms with Crippen LogP contribution in [0.2, 0.25) is 10.0 Å². The lowest BCUT2D eigenvalue weighted by Crippen LogP contribution is -2.48. The Morgan fingerprint density at radius 3 is 2.11 bits per heavy atom. The smallest absolute Gasteiger partial charge is 0.426 e. The molecule has 0 fully saturated rings. The van der Waals surface area contributed by atoms with Crippen LogP contribution < -0.4 is 10.5 Å². The summed E-state index contributed by atoms with van der Waals surface area (Å²) in [5, 5.41) is 0.395. The molecule has 2 atom stereocenters. The van der Waals surface area contributed by atoms with Gasteiger partial charge in [-0.1, -0.05) is 30.1 Å². The molecule has 0 aliphatic carbocycles. The quantitative estimate of drug-likeness (QED) is 0.911. The Balaban J connectivity index is 2.96. The summed E-state index contributed by atoms with van der Waals surface area (Å²) >= 11 is 11.4. The Labute approximate surface area is 113 Å². The first-order valence-corrected chi connectivity index (χ1v) is 5.94. The molecule has 2 N–H and O–H groups in total. The van der Waals surface area contributed by atoms with Gasteiger partial charge in [-0.15, -0.1) is 0 Å². The monoisotopic (exact) mass is 301 g/mol. The van der Waals surface area contributed by atoms with Gasteiger partial charge in [-0.2, -0.15) is 13.2 Å². The van der Waals surface area contributed by atoms with E-state index in [-0.39, 0.29) is 22.2 Å². The van der Waals surface area contributed by atoms with Crippen LogP contribution in [0.1, 0.15) is 13.3 Å². The molecule has 0 aromatic heterocycles. The fourth-order valence-electron chi connectivity index (χ4n) is 1.35. The highest BCUT2D eigenvalue weighted by atomic mass is 35.5. The first-order valence-electron chi connectivity index (χ1n) is 5.19. The molecule has 0 saturated heterocycles. The molecule has 0 spiro atoms. The molecule has 1 aromatic rings. The Kier molecular flexibility index (Phi) is 5.13. The summed E-state index contributed by atoms with van der Waals surface area (Å²) in [6, 6.07) is 2.77. The predicted molar refractivity (Wildman–Crippen MR) is 65.2 cm³/mol. The Bertz CT molecular complexity index is 392. The molecule has 2 unspecified atom stereocenters. The highest BCUT2D eigenvalue weighted by Crippen LogP contribution is 2.30. The van der Waals surface area contributed by atoms with Gasteiger partial charge in [0, 0.05) is 10.0 Å². The average Bonchev–Trinajstić information content (AvgIpc) is 2.22. The van der Waals surface area contributed by atoms with Crippen LogP contribution in [0.5, 0.6) is 5.75 Å². The highest BCUT2D eigenvalue weighted by Gasteiger charge is 2.45. The second-order valence-electron chi connectivity index (χ2n) is 3.76. The third-order valence-electron chi connectivity index (χ3n) is 2.28. The van der Waals surface area contributed by atoms with Gasteiger partial charge in [0.15, 0.2) is 0 Å². The largest absolute Gasteiger partial charge is 0.479 e. The number of ether oxygens (including phenoxy) is 1. The van der Waals surface area contributed by atoms with E-state index < -0.39 is 18.3 Å². The molecule has 7 heteroatoms. The second kappa shape index (κ2) is 5.99. The maximum absolute atomic E-state index is 12.8. The van der Waals surface area contributed by atoms with E-state index >= 15 is 0 Å². The van der Waals surface area contributed by atoms with Crippen LogP contribution in [-0.2, 0) is 0 Å². The standard InChI is InChI=1S/C11H12Cl2F3NO/c1-2-9(17)10(11(14,15)16)18-8-4-6(12)3-7(13)5-8/h3-5,9-10H,2,17H2,1H3. The van der Waals surface area contributed by atoms with Crippen LogP contribution in [0.25, 0.3) is 0 Å². The number of alkyl halides is 3. The number of hydrogen-bond donors (Lipinski definition) is 1. The maximum Gasteiger partial charge on any atom is 0.426 e. The van der Waals surface area contributed by atoms with Gasteiger partial charge < -0.3 is 10.5 Å². The molecule has 102 valence electrons. The number of nitrogens with two attached hydrogens (primary N) is 1. The van der Waals surface area contributed by atoms with Crippen molar-refractivity contribution >= 4 is 23.2 Å². The summed E-state index contributed by atoms with van der Waals surface area (Å²) in [5.41, 5.74) is 5.42. The summed E-state index contributed by atoms with van der Waals surface area (Å²) in [4.78, 5) is 0. The molecule has 0 aliphatic rings. The highest BCUT2D eigenvalue weighted by molar-refractivity contribution is 6.34. The topological polar surface area (TPSA) is 35.2 Å². The van der Waals surface area contributed by atoms with E-state index in [2.05, 4.69) is 0 Å². The van der Waals surface area contributed by atoms with Crippen molar-refractivity contribution in [2.75, 3.05) is 0 Å². The zero-order valence-electron chi connectivity index (χ0n) is 9.47. The summed E-state index contributed by atoms with van der Waals surface area (Å²) in [6.45, 7) is 1.55. The van der Waals surface area contributed by atoms with Crippen molar-refractivity contribution < 1.29 is 17.9 Å². The predicted octanol–water partition coefficient (Wildman–Crippen LogP) is 4.04. The van der Waals surface area contributed by atoms with E-state index in [1.807, 2.05) is 0 Å². The minimum atomic E-state index is -4.55. The third-order valence-corrected chi connectivity index (χ3v) is 2.72.